The number of anilines is 1. The van der Waals surface area contributed by atoms with Crippen LogP contribution in [0.2, 0.25) is 0 Å². The van der Waals surface area contributed by atoms with Crippen LogP contribution in [0.4, 0.5) is 5.69 Å². The molecule has 5 heteroatoms. The molecular weight excluding hydrogens is 244 g/mol. The Morgan fingerprint density at radius 1 is 1.32 bits per heavy atom. The lowest BCUT2D eigenvalue weighted by atomic mass is 9.78. The van der Waals surface area contributed by atoms with Gasteiger partial charge < -0.3 is 10.4 Å². The third kappa shape index (κ3) is 3.10. The summed E-state index contributed by atoms with van der Waals surface area (Å²) in [6, 6.07) is 1.73. The van der Waals surface area contributed by atoms with Gasteiger partial charge in [-0.2, -0.15) is 0 Å². The SMILES string of the molecule is Cc1cnccc1NC(=O)C1CCCCC1C(=O)O. The van der Waals surface area contributed by atoms with E-state index in [-0.39, 0.29) is 5.91 Å². The fourth-order valence-electron chi connectivity index (χ4n) is 2.58. The minimum atomic E-state index is -0.869. The zero-order chi connectivity index (χ0) is 13.8. The third-order valence-corrected chi connectivity index (χ3v) is 3.70. The van der Waals surface area contributed by atoms with E-state index in [4.69, 9.17) is 0 Å². The molecule has 1 fully saturated rings. The van der Waals surface area contributed by atoms with Crippen molar-refractivity contribution in [1.82, 2.24) is 4.98 Å². The molecule has 1 heterocycles. The summed E-state index contributed by atoms with van der Waals surface area (Å²) in [5.41, 5.74) is 1.58. The summed E-state index contributed by atoms with van der Waals surface area (Å²) in [6.07, 6.45) is 6.31. The summed E-state index contributed by atoms with van der Waals surface area (Å²) >= 11 is 0. The van der Waals surface area contributed by atoms with E-state index in [0.717, 1.165) is 18.4 Å². The van der Waals surface area contributed by atoms with Gasteiger partial charge in [0.1, 0.15) is 0 Å². The highest BCUT2D eigenvalue weighted by Crippen LogP contribution is 2.31. The Balaban J connectivity index is 2.10. The Kier molecular flexibility index (Phi) is 4.14. The lowest BCUT2D eigenvalue weighted by Crippen LogP contribution is -2.36. The van der Waals surface area contributed by atoms with Crippen LogP contribution in [0.1, 0.15) is 31.2 Å². The van der Waals surface area contributed by atoms with Crippen LogP contribution in [-0.2, 0) is 9.59 Å². The normalized spacial score (nSPS) is 22.8. The third-order valence-electron chi connectivity index (χ3n) is 3.70. The van der Waals surface area contributed by atoms with Gasteiger partial charge in [0.05, 0.1) is 11.8 Å². The van der Waals surface area contributed by atoms with Crippen molar-refractivity contribution in [3.05, 3.63) is 24.0 Å². The fourth-order valence-corrected chi connectivity index (χ4v) is 2.58. The molecule has 1 aromatic rings. The molecule has 0 radical (unpaired) electrons. The Morgan fingerprint density at radius 3 is 2.63 bits per heavy atom. The molecule has 1 aliphatic carbocycles. The van der Waals surface area contributed by atoms with E-state index in [1.165, 1.54) is 0 Å². The quantitative estimate of drug-likeness (QED) is 0.875. The van der Waals surface area contributed by atoms with Crippen molar-refractivity contribution in [2.24, 2.45) is 11.8 Å². The Bertz CT molecular complexity index is 487. The van der Waals surface area contributed by atoms with Gasteiger partial charge >= 0.3 is 5.97 Å². The number of rotatable bonds is 3. The molecule has 0 bridgehead atoms. The van der Waals surface area contributed by atoms with Crippen LogP contribution in [0.25, 0.3) is 0 Å². The number of carbonyl (C=O) groups is 2. The summed E-state index contributed by atoms with van der Waals surface area (Å²) in [5, 5.41) is 12.0. The monoisotopic (exact) mass is 262 g/mol. The maximum absolute atomic E-state index is 12.2. The van der Waals surface area contributed by atoms with E-state index < -0.39 is 17.8 Å². The molecular formula is C14H18N2O3. The number of carbonyl (C=O) groups excluding carboxylic acids is 1. The van der Waals surface area contributed by atoms with Gasteiger partial charge in [-0.1, -0.05) is 12.8 Å². The first-order valence-corrected chi connectivity index (χ1v) is 6.54. The largest absolute Gasteiger partial charge is 0.481 e. The molecule has 0 aromatic carbocycles. The average Bonchev–Trinajstić information content (AvgIpc) is 2.41. The summed E-state index contributed by atoms with van der Waals surface area (Å²) in [5.74, 6) is -2.05. The number of hydrogen-bond donors (Lipinski definition) is 2. The number of aliphatic carboxylic acids is 1. The van der Waals surface area contributed by atoms with Crippen molar-refractivity contribution in [2.75, 3.05) is 5.32 Å². The minimum Gasteiger partial charge on any atom is -0.481 e. The van der Waals surface area contributed by atoms with Crippen molar-refractivity contribution < 1.29 is 14.7 Å². The van der Waals surface area contributed by atoms with E-state index >= 15 is 0 Å². The van der Waals surface area contributed by atoms with Crippen molar-refractivity contribution in [2.45, 2.75) is 32.6 Å². The average molecular weight is 262 g/mol. The predicted molar refractivity (Wildman–Crippen MR) is 70.7 cm³/mol. The molecule has 1 aliphatic rings. The standard InChI is InChI=1S/C14H18N2O3/c1-9-8-15-7-6-12(9)16-13(17)10-4-2-3-5-11(10)14(18)19/h6-8,10-11H,2-5H2,1H3,(H,18,19)(H,15,16,17). The maximum Gasteiger partial charge on any atom is 0.307 e. The number of carboxylic acid groups (broad SMARTS) is 1. The summed E-state index contributed by atoms with van der Waals surface area (Å²) in [6.45, 7) is 1.86. The van der Waals surface area contributed by atoms with Gasteiger partial charge in [0.25, 0.3) is 0 Å². The first-order chi connectivity index (χ1) is 9.09. The second kappa shape index (κ2) is 5.82. The predicted octanol–water partition coefficient (Wildman–Crippen LogP) is 2.22. The number of pyridine rings is 1. The first-order valence-electron chi connectivity index (χ1n) is 6.54. The highest BCUT2D eigenvalue weighted by molar-refractivity contribution is 5.95. The van der Waals surface area contributed by atoms with Crippen LogP contribution in [0, 0.1) is 18.8 Å². The van der Waals surface area contributed by atoms with Gasteiger partial charge in [0.2, 0.25) is 5.91 Å². The Hall–Kier alpha value is -1.91. The van der Waals surface area contributed by atoms with Crippen molar-refractivity contribution in [3.8, 4) is 0 Å². The lowest BCUT2D eigenvalue weighted by Gasteiger charge is -2.27. The molecule has 2 unspecified atom stereocenters. The van der Waals surface area contributed by atoms with Gasteiger partial charge in [0.15, 0.2) is 0 Å². The molecule has 0 spiro atoms. The second-order valence-corrected chi connectivity index (χ2v) is 5.02. The number of nitrogens with one attached hydrogen (secondary N) is 1. The number of amides is 1. The molecule has 1 aromatic heterocycles. The van der Waals surface area contributed by atoms with Crippen molar-refractivity contribution in [3.63, 3.8) is 0 Å². The first kappa shape index (κ1) is 13.5. The fraction of sp³-hybridized carbons (Fsp3) is 0.500. The van der Waals surface area contributed by atoms with E-state index in [1.54, 1.807) is 18.5 Å². The van der Waals surface area contributed by atoms with Crippen LogP contribution in [0.3, 0.4) is 0 Å². The maximum atomic E-state index is 12.2. The van der Waals surface area contributed by atoms with Gasteiger partial charge in [-0.15, -0.1) is 0 Å². The Labute approximate surface area is 112 Å². The second-order valence-electron chi connectivity index (χ2n) is 5.02. The summed E-state index contributed by atoms with van der Waals surface area (Å²) < 4.78 is 0. The van der Waals surface area contributed by atoms with Crippen LogP contribution in [0.5, 0.6) is 0 Å². The summed E-state index contributed by atoms with van der Waals surface area (Å²) in [4.78, 5) is 27.4. The molecule has 1 amide bonds. The molecule has 2 rings (SSSR count). The van der Waals surface area contributed by atoms with Gasteiger partial charge in [-0.25, -0.2) is 0 Å². The highest BCUT2D eigenvalue weighted by atomic mass is 16.4. The highest BCUT2D eigenvalue weighted by Gasteiger charge is 2.35. The van der Waals surface area contributed by atoms with Gasteiger partial charge in [-0.05, 0) is 31.4 Å². The number of nitrogens with zero attached hydrogens (tertiary/aromatic N) is 1. The minimum absolute atomic E-state index is 0.193. The Morgan fingerprint density at radius 2 is 2.00 bits per heavy atom. The van der Waals surface area contributed by atoms with E-state index in [0.29, 0.717) is 18.5 Å². The number of aromatic nitrogens is 1. The number of carboxylic acids is 1. The molecule has 0 aliphatic heterocycles. The zero-order valence-electron chi connectivity index (χ0n) is 10.9. The van der Waals surface area contributed by atoms with Gasteiger partial charge in [0, 0.05) is 18.1 Å². The molecule has 19 heavy (non-hydrogen) atoms. The van der Waals surface area contributed by atoms with Crippen LogP contribution in [0.15, 0.2) is 18.5 Å². The van der Waals surface area contributed by atoms with Gasteiger partial charge in [-0.3, -0.25) is 14.6 Å². The topological polar surface area (TPSA) is 79.3 Å². The van der Waals surface area contributed by atoms with E-state index in [1.807, 2.05) is 6.92 Å². The number of aryl methyl sites for hydroxylation is 1. The zero-order valence-corrected chi connectivity index (χ0v) is 10.9. The molecule has 2 N–H and O–H groups in total. The molecule has 2 atom stereocenters. The smallest absolute Gasteiger partial charge is 0.307 e. The molecule has 1 saturated carbocycles. The lowest BCUT2D eigenvalue weighted by molar-refractivity contribution is -0.147. The molecule has 0 saturated heterocycles. The van der Waals surface area contributed by atoms with E-state index in [2.05, 4.69) is 10.3 Å². The number of hydrogen-bond acceptors (Lipinski definition) is 3. The van der Waals surface area contributed by atoms with Crippen LogP contribution >= 0.6 is 0 Å². The summed E-state index contributed by atoms with van der Waals surface area (Å²) in [7, 11) is 0. The van der Waals surface area contributed by atoms with Crippen LogP contribution in [-0.4, -0.2) is 22.0 Å². The molecule has 102 valence electrons. The molecule has 5 nitrogen and oxygen atoms in total. The van der Waals surface area contributed by atoms with Crippen molar-refractivity contribution >= 4 is 17.6 Å². The van der Waals surface area contributed by atoms with Crippen LogP contribution < -0.4 is 5.32 Å². The van der Waals surface area contributed by atoms with E-state index in [9.17, 15) is 14.7 Å². The van der Waals surface area contributed by atoms with Crippen molar-refractivity contribution in [1.29, 1.82) is 0 Å².